The van der Waals surface area contributed by atoms with Crippen LogP contribution in [-0.4, -0.2) is 26.1 Å². The highest BCUT2D eigenvalue weighted by atomic mass is 16.1. The summed E-state index contributed by atoms with van der Waals surface area (Å²) in [5, 5.41) is 0.706. The summed E-state index contributed by atoms with van der Waals surface area (Å²) >= 11 is 0. The van der Waals surface area contributed by atoms with Crippen LogP contribution in [0.4, 0.5) is 5.95 Å². The van der Waals surface area contributed by atoms with Crippen LogP contribution < -0.4 is 10.5 Å². The molecule has 132 valence electrons. The Balaban J connectivity index is 1.66. The summed E-state index contributed by atoms with van der Waals surface area (Å²) in [7, 11) is 0. The molecule has 3 aromatic rings. The summed E-state index contributed by atoms with van der Waals surface area (Å²) in [4.78, 5) is 29.2. The smallest absolute Gasteiger partial charge is 0.261 e. The Morgan fingerprint density at radius 2 is 1.85 bits per heavy atom. The van der Waals surface area contributed by atoms with Crippen molar-refractivity contribution >= 4 is 16.9 Å². The minimum atomic E-state index is 0.0495. The minimum Gasteiger partial charge on any atom is -0.331 e. The van der Waals surface area contributed by atoms with Crippen molar-refractivity contribution in [1.29, 1.82) is 0 Å². The van der Waals surface area contributed by atoms with Gasteiger partial charge in [0.05, 0.1) is 16.9 Å². The molecule has 2 aromatic heterocycles. The third kappa shape index (κ3) is 2.66. The molecular weight excluding hydrogens is 326 g/mol. The van der Waals surface area contributed by atoms with Crippen molar-refractivity contribution in [2.75, 3.05) is 11.4 Å². The number of nitrogens with zero attached hydrogens (tertiary/aromatic N) is 5. The average molecular weight is 347 g/mol. The van der Waals surface area contributed by atoms with Gasteiger partial charge in [-0.3, -0.25) is 9.36 Å². The summed E-state index contributed by atoms with van der Waals surface area (Å²) in [5.74, 6) is 2.19. The molecule has 3 heterocycles. The first-order valence-electron chi connectivity index (χ1n) is 9.34. The molecule has 1 aliphatic carbocycles. The highest BCUT2D eigenvalue weighted by Gasteiger charge is 2.33. The van der Waals surface area contributed by atoms with Gasteiger partial charge in [-0.05, 0) is 49.8 Å². The second-order valence-electron chi connectivity index (χ2n) is 7.25. The molecule has 2 aliphatic rings. The molecule has 0 spiro atoms. The van der Waals surface area contributed by atoms with Gasteiger partial charge in [0.15, 0.2) is 0 Å². The van der Waals surface area contributed by atoms with Gasteiger partial charge in [-0.2, -0.15) is 0 Å². The van der Waals surface area contributed by atoms with E-state index in [1.165, 1.54) is 12.8 Å². The summed E-state index contributed by atoms with van der Waals surface area (Å²) in [6, 6.07) is 9.53. The van der Waals surface area contributed by atoms with Gasteiger partial charge in [-0.15, -0.1) is 0 Å². The Morgan fingerprint density at radius 1 is 1.04 bits per heavy atom. The van der Waals surface area contributed by atoms with E-state index in [-0.39, 0.29) is 11.6 Å². The van der Waals surface area contributed by atoms with Crippen LogP contribution >= 0.6 is 0 Å². The summed E-state index contributed by atoms with van der Waals surface area (Å²) in [6.07, 6.45) is 7.96. The fourth-order valence-corrected chi connectivity index (χ4v) is 3.89. The normalized spacial score (nSPS) is 20.0. The largest absolute Gasteiger partial charge is 0.331 e. The number of fused-ring (bicyclic) bond motifs is 1. The van der Waals surface area contributed by atoms with Crippen molar-refractivity contribution < 1.29 is 0 Å². The lowest BCUT2D eigenvalue weighted by Crippen LogP contribution is -2.33. The molecule has 1 aliphatic heterocycles. The zero-order chi connectivity index (χ0) is 17.5. The molecule has 26 heavy (non-hydrogen) atoms. The molecule has 6 heteroatoms. The fourth-order valence-electron chi connectivity index (χ4n) is 3.89. The molecule has 2 fully saturated rings. The highest BCUT2D eigenvalue weighted by molar-refractivity contribution is 5.77. The number of rotatable bonds is 4. The Hall–Kier alpha value is -2.76. The number of hydrogen-bond acceptors (Lipinski definition) is 5. The summed E-state index contributed by atoms with van der Waals surface area (Å²) in [6.45, 7) is 1.66. The fraction of sp³-hybridized carbons (Fsp3) is 0.400. The predicted molar refractivity (Wildman–Crippen MR) is 100 cm³/mol. The van der Waals surface area contributed by atoms with Crippen LogP contribution in [0.1, 0.15) is 37.5 Å². The topological polar surface area (TPSA) is 63.9 Å². The molecular formula is C20H21N5O. The quantitative estimate of drug-likeness (QED) is 0.726. The van der Waals surface area contributed by atoms with Gasteiger partial charge in [0, 0.05) is 25.5 Å². The van der Waals surface area contributed by atoms with Crippen molar-refractivity contribution in [3.05, 3.63) is 58.9 Å². The molecule has 1 saturated heterocycles. The van der Waals surface area contributed by atoms with E-state index >= 15 is 0 Å². The number of benzene rings is 1. The number of para-hydroxylation sites is 1. The van der Waals surface area contributed by atoms with Crippen LogP contribution in [0.2, 0.25) is 0 Å². The Labute approximate surface area is 151 Å². The van der Waals surface area contributed by atoms with E-state index in [1.54, 1.807) is 12.4 Å². The van der Waals surface area contributed by atoms with Crippen molar-refractivity contribution in [2.45, 2.75) is 38.3 Å². The van der Waals surface area contributed by atoms with Gasteiger partial charge in [0.2, 0.25) is 5.95 Å². The zero-order valence-corrected chi connectivity index (χ0v) is 14.6. The second-order valence-corrected chi connectivity index (χ2v) is 7.25. The zero-order valence-electron chi connectivity index (χ0n) is 14.6. The van der Waals surface area contributed by atoms with Crippen LogP contribution in [0.15, 0.2) is 47.5 Å². The van der Waals surface area contributed by atoms with Crippen LogP contribution in [0.5, 0.6) is 0 Å². The van der Waals surface area contributed by atoms with E-state index in [0.717, 1.165) is 43.2 Å². The third-order valence-electron chi connectivity index (χ3n) is 5.39. The first-order chi connectivity index (χ1) is 12.8. The molecule has 1 unspecified atom stereocenters. The van der Waals surface area contributed by atoms with Crippen molar-refractivity contribution in [1.82, 2.24) is 19.5 Å². The number of aromatic nitrogens is 4. The molecule has 0 N–H and O–H groups in total. The van der Waals surface area contributed by atoms with Crippen molar-refractivity contribution in [3.8, 4) is 0 Å². The van der Waals surface area contributed by atoms with Crippen molar-refractivity contribution in [3.63, 3.8) is 0 Å². The predicted octanol–water partition coefficient (Wildman–Crippen LogP) is 2.94. The maximum absolute atomic E-state index is 13.2. The Bertz CT molecular complexity index is 996. The minimum absolute atomic E-state index is 0.0495. The molecule has 0 radical (unpaired) electrons. The third-order valence-corrected chi connectivity index (χ3v) is 5.39. The van der Waals surface area contributed by atoms with Gasteiger partial charge < -0.3 is 4.90 Å². The number of anilines is 1. The average Bonchev–Trinajstić information content (AvgIpc) is 3.37. The maximum atomic E-state index is 13.2. The molecule has 1 aromatic carbocycles. The van der Waals surface area contributed by atoms with Gasteiger partial charge in [0.25, 0.3) is 5.56 Å². The first-order valence-corrected chi connectivity index (χ1v) is 9.34. The Morgan fingerprint density at radius 3 is 2.65 bits per heavy atom. The maximum Gasteiger partial charge on any atom is 0.261 e. The van der Waals surface area contributed by atoms with E-state index in [2.05, 4.69) is 14.9 Å². The summed E-state index contributed by atoms with van der Waals surface area (Å²) in [5.41, 5.74) is 0.860. The first kappa shape index (κ1) is 15.5. The van der Waals surface area contributed by atoms with Gasteiger partial charge >= 0.3 is 0 Å². The van der Waals surface area contributed by atoms with Crippen LogP contribution in [-0.2, 0) is 6.54 Å². The van der Waals surface area contributed by atoms with E-state index in [0.29, 0.717) is 11.3 Å². The highest BCUT2D eigenvalue weighted by Crippen LogP contribution is 2.36. The molecule has 1 saturated carbocycles. The monoisotopic (exact) mass is 347 g/mol. The SMILES string of the molecule is O=c1c2ccccc2nc(C2CCCN2c2ncccn2)n1CC1CC1. The second kappa shape index (κ2) is 6.20. The molecule has 0 amide bonds. The van der Waals surface area contributed by atoms with Gasteiger partial charge in [-0.25, -0.2) is 15.0 Å². The van der Waals surface area contributed by atoms with E-state index in [9.17, 15) is 4.79 Å². The molecule has 0 bridgehead atoms. The standard InChI is InChI=1S/C20H21N5O/c26-19-15-5-1-2-6-16(15)23-18(25(19)13-14-8-9-14)17-7-3-12-24(17)20-21-10-4-11-22-20/h1-2,4-6,10-11,14,17H,3,7-9,12-13H2. The molecule has 5 rings (SSSR count). The molecule has 1 atom stereocenters. The lowest BCUT2D eigenvalue weighted by atomic mass is 10.1. The van der Waals surface area contributed by atoms with E-state index < -0.39 is 0 Å². The molecule has 6 nitrogen and oxygen atoms in total. The van der Waals surface area contributed by atoms with Crippen LogP contribution in [0.25, 0.3) is 10.9 Å². The van der Waals surface area contributed by atoms with Crippen LogP contribution in [0.3, 0.4) is 0 Å². The number of hydrogen-bond donors (Lipinski definition) is 0. The van der Waals surface area contributed by atoms with Crippen LogP contribution in [0, 0.1) is 5.92 Å². The Kier molecular flexibility index (Phi) is 3.69. The lowest BCUT2D eigenvalue weighted by Gasteiger charge is -2.26. The van der Waals surface area contributed by atoms with E-state index in [1.807, 2.05) is 34.9 Å². The lowest BCUT2D eigenvalue weighted by molar-refractivity contribution is 0.524. The van der Waals surface area contributed by atoms with Crippen molar-refractivity contribution in [2.24, 2.45) is 5.92 Å². The van der Waals surface area contributed by atoms with Gasteiger partial charge in [-0.1, -0.05) is 12.1 Å². The van der Waals surface area contributed by atoms with Gasteiger partial charge in [0.1, 0.15) is 5.82 Å². The van der Waals surface area contributed by atoms with E-state index in [4.69, 9.17) is 4.98 Å². The summed E-state index contributed by atoms with van der Waals surface area (Å²) < 4.78 is 1.92.